The number of rotatable bonds is 2. The Morgan fingerprint density at radius 1 is 1.06 bits per heavy atom. The van der Waals surface area contributed by atoms with E-state index >= 15 is 0 Å². The summed E-state index contributed by atoms with van der Waals surface area (Å²) in [6.45, 7) is 0. The van der Waals surface area contributed by atoms with Crippen LogP contribution in [0.1, 0.15) is 0 Å². The van der Waals surface area contributed by atoms with Crippen molar-refractivity contribution in [2.45, 2.75) is 0 Å². The molecule has 0 N–H and O–H groups in total. The Hall–Kier alpha value is -1.49. The Morgan fingerprint density at radius 2 is 1.88 bits per heavy atom. The lowest BCUT2D eigenvalue weighted by atomic mass is 10.3. The van der Waals surface area contributed by atoms with E-state index in [4.69, 9.17) is 4.74 Å². The van der Waals surface area contributed by atoms with Crippen LogP contribution in [0.25, 0.3) is 0 Å². The van der Waals surface area contributed by atoms with Gasteiger partial charge in [-0.1, -0.05) is 6.07 Å². The summed E-state index contributed by atoms with van der Waals surface area (Å²) in [6, 6.07) is 8.39. The van der Waals surface area contributed by atoms with Gasteiger partial charge in [0.1, 0.15) is 10.4 Å². The Kier molecular flexibility index (Phi) is 3.14. The van der Waals surface area contributed by atoms with Gasteiger partial charge in [0.05, 0.1) is 0 Å². The predicted molar refractivity (Wildman–Crippen MR) is 58.4 cm³/mol. The van der Waals surface area contributed by atoms with Crippen molar-refractivity contribution >= 4 is 15.9 Å². The molecule has 1 heterocycles. The van der Waals surface area contributed by atoms with Gasteiger partial charge < -0.3 is 4.74 Å². The average Bonchev–Trinajstić information content (AvgIpc) is 2.24. The molecular formula is C11H6BrF2NO. The minimum Gasteiger partial charge on any atom is -0.439 e. The number of benzene rings is 1. The van der Waals surface area contributed by atoms with E-state index < -0.39 is 11.6 Å². The second kappa shape index (κ2) is 4.57. The molecule has 82 valence electrons. The molecule has 2 nitrogen and oxygen atoms in total. The maximum absolute atomic E-state index is 12.9. The highest BCUT2D eigenvalue weighted by Crippen LogP contribution is 2.22. The van der Waals surface area contributed by atoms with Gasteiger partial charge in [0.2, 0.25) is 5.88 Å². The molecule has 0 aliphatic heterocycles. The molecule has 0 radical (unpaired) electrons. The number of halogens is 3. The Morgan fingerprint density at radius 3 is 2.56 bits per heavy atom. The fourth-order valence-corrected chi connectivity index (χ4v) is 1.43. The van der Waals surface area contributed by atoms with Crippen LogP contribution in [-0.4, -0.2) is 4.98 Å². The zero-order valence-electron chi connectivity index (χ0n) is 7.95. The Bertz CT molecular complexity index is 519. The number of hydrogen-bond acceptors (Lipinski definition) is 2. The average molecular weight is 286 g/mol. The quantitative estimate of drug-likeness (QED) is 0.781. The fourth-order valence-electron chi connectivity index (χ4n) is 1.11. The van der Waals surface area contributed by atoms with Crippen LogP contribution in [0.15, 0.2) is 41.0 Å². The van der Waals surface area contributed by atoms with Crippen LogP contribution in [-0.2, 0) is 0 Å². The van der Waals surface area contributed by atoms with Crippen LogP contribution in [0, 0.1) is 11.6 Å². The summed E-state index contributed by atoms with van der Waals surface area (Å²) >= 11 is 3.18. The van der Waals surface area contributed by atoms with E-state index in [1.807, 2.05) is 0 Å². The molecule has 5 heteroatoms. The summed E-state index contributed by atoms with van der Waals surface area (Å²) in [5.41, 5.74) is 0. The van der Waals surface area contributed by atoms with Gasteiger partial charge in [-0.3, -0.25) is 0 Å². The third-order valence-corrected chi connectivity index (χ3v) is 2.24. The first-order valence-electron chi connectivity index (χ1n) is 4.40. The maximum atomic E-state index is 12.9. The van der Waals surface area contributed by atoms with E-state index in [2.05, 4.69) is 20.9 Å². The Balaban J connectivity index is 2.24. The topological polar surface area (TPSA) is 22.1 Å². The molecule has 0 saturated carbocycles. The molecule has 2 aromatic rings. The lowest BCUT2D eigenvalue weighted by Crippen LogP contribution is -1.90. The van der Waals surface area contributed by atoms with E-state index in [1.165, 1.54) is 6.07 Å². The molecule has 0 aliphatic carbocycles. The molecule has 0 amide bonds. The second-order valence-corrected chi connectivity index (χ2v) is 3.79. The van der Waals surface area contributed by atoms with Crippen molar-refractivity contribution in [3.05, 3.63) is 52.6 Å². The summed E-state index contributed by atoms with van der Waals surface area (Å²) in [5.74, 6) is -1.35. The standard InChI is InChI=1S/C11H6BrF2NO/c12-10-2-1-3-11(15-10)16-7-4-5-8(13)9(14)6-7/h1-6H. The van der Waals surface area contributed by atoms with Crippen LogP contribution in [0.3, 0.4) is 0 Å². The minimum absolute atomic E-state index is 0.199. The minimum atomic E-state index is -0.951. The highest BCUT2D eigenvalue weighted by molar-refractivity contribution is 9.10. The van der Waals surface area contributed by atoms with E-state index in [-0.39, 0.29) is 5.75 Å². The van der Waals surface area contributed by atoms with Gasteiger partial charge in [-0.25, -0.2) is 13.8 Å². The third kappa shape index (κ3) is 2.55. The molecule has 1 aromatic heterocycles. The van der Waals surface area contributed by atoms with Gasteiger partial charge in [0.15, 0.2) is 11.6 Å². The predicted octanol–water partition coefficient (Wildman–Crippen LogP) is 3.91. The molecule has 0 fully saturated rings. The lowest BCUT2D eigenvalue weighted by Gasteiger charge is -2.04. The summed E-state index contributed by atoms with van der Waals surface area (Å²) in [7, 11) is 0. The van der Waals surface area contributed by atoms with Gasteiger partial charge in [-0.05, 0) is 34.1 Å². The van der Waals surface area contributed by atoms with Crippen LogP contribution in [0.2, 0.25) is 0 Å². The molecule has 0 saturated heterocycles. The van der Waals surface area contributed by atoms with Crippen molar-refractivity contribution in [1.29, 1.82) is 0 Å². The summed E-state index contributed by atoms with van der Waals surface area (Å²) in [4.78, 5) is 4.00. The summed E-state index contributed by atoms with van der Waals surface area (Å²) in [6.07, 6.45) is 0. The molecule has 0 spiro atoms. The second-order valence-electron chi connectivity index (χ2n) is 2.98. The van der Waals surface area contributed by atoms with Crippen LogP contribution in [0.5, 0.6) is 11.6 Å². The first-order chi connectivity index (χ1) is 7.65. The lowest BCUT2D eigenvalue weighted by molar-refractivity contribution is 0.447. The van der Waals surface area contributed by atoms with Gasteiger partial charge in [0.25, 0.3) is 0 Å². The first kappa shape index (κ1) is 11.0. The van der Waals surface area contributed by atoms with Crippen molar-refractivity contribution in [1.82, 2.24) is 4.98 Å². The number of hydrogen-bond donors (Lipinski definition) is 0. The van der Waals surface area contributed by atoms with Crippen molar-refractivity contribution in [3.63, 3.8) is 0 Å². The molecule has 1 aromatic carbocycles. The molecule has 0 aliphatic rings. The van der Waals surface area contributed by atoms with Gasteiger partial charge in [0, 0.05) is 12.1 Å². The molecule has 0 atom stereocenters. The zero-order valence-corrected chi connectivity index (χ0v) is 9.54. The molecule has 0 unspecified atom stereocenters. The van der Waals surface area contributed by atoms with Crippen molar-refractivity contribution < 1.29 is 13.5 Å². The van der Waals surface area contributed by atoms with Crippen LogP contribution < -0.4 is 4.74 Å². The fraction of sp³-hybridized carbons (Fsp3) is 0. The van der Waals surface area contributed by atoms with Gasteiger partial charge >= 0.3 is 0 Å². The molecule has 0 bridgehead atoms. The van der Waals surface area contributed by atoms with Crippen molar-refractivity contribution in [2.24, 2.45) is 0 Å². The zero-order chi connectivity index (χ0) is 11.5. The highest BCUT2D eigenvalue weighted by Gasteiger charge is 2.04. The van der Waals surface area contributed by atoms with Crippen LogP contribution in [0.4, 0.5) is 8.78 Å². The van der Waals surface area contributed by atoms with E-state index in [9.17, 15) is 8.78 Å². The molecule has 16 heavy (non-hydrogen) atoms. The van der Waals surface area contributed by atoms with E-state index in [0.717, 1.165) is 12.1 Å². The van der Waals surface area contributed by atoms with Crippen molar-refractivity contribution in [2.75, 3.05) is 0 Å². The highest BCUT2D eigenvalue weighted by atomic mass is 79.9. The van der Waals surface area contributed by atoms with Crippen molar-refractivity contribution in [3.8, 4) is 11.6 Å². The maximum Gasteiger partial charge on any atom is 0.220 e. The number of ether oxygens (including phenoxy) is 1. The van der Waals surface area contributed by atoms with E-state index in [0.29, 0.717) is 10.5 Å². The SMILES string of the molecule is Fc1ccc(Oc2cccc(Br)n2)cc1F. The Labute approximate surface area is 99.0 Å². The number of pyridine rings is 1. The first-order valence-corrected chi connectivity index (χ1v) is 5.20. The number of nitrogens with zero attached hydrogens (tertiary/aromatic N) is 1. The normalized spacial score (nSPS) is 10.2. The van der Waals surface area contributed by atoms with E-state index in [1.54, 1.807) is 18.2 Å². The number of aromatic nitrogens is 1. The smallest absolute Gasteiger partial charge is 0.220 e. The van der Waals surface area contributed by atoms with Gasteiger partial charge in [-0.15, -0.1) is 0 Å². The van der Waals surface area contributed by atoms with Gasteiger partial charge in [-0.2, -0.15) is 0 Å². The monoisotopic (exact) mass is 285 g/mol. The third-order valence-electron chi connectivity index (χ3n) is 1.80. The summed E-state index contributed by atoms with van der Waals surface area (Å²) < 4.78 is 31.4. The largest absolute Gasteiger partial charge is 0.439 e. The van der Waals surface area contributed by atoms with Crippen LogP contribution >= 0.6 is 15.9 Å². The molecule has 2 rings (SSSR count). The summed E-state index contributed by atoms with van der Waals surface area (Å²) in [5, 5.41) is 0. The molecular weight excluding hydrogens is 280 g/mol.